The average Bonchev–Trinajstić information content (AvgIpc) is 2.59. The Morgan fingerprint density at radius 2 is 1.23 bits per heavy atom. The van der Waals surface area contributed by atoms with Crippen molar-refractivity contribution in [2.24, 2.45) is 0 Å². The van der Waals surface area contributed by atoms with Gasteiger partial charge in [0.15, 0.2) is 11.5 Å². The minimum atomic E-state index is 0.595. The molecule has 0 radical (unpaired) electrons. The molecule has 0 unspecified atom stereocenters. The van der Waals surface area contributed by atoms with Crippen LogP contribution in [0.5, 0.6) is 17.2 Å². The van der Waals surface area contributed by atoms with Crippen LogP contribution in [0, 0.1) is 0 Å². The minimum Gasteiger partial charge on any atom is -0.493 e. The standard InChI is InChI=1S/C19H20O3/c1-5-14-6-8-15(9-7-14)10-11-16-12-17(20-2)19(22-4)18(13-16)21-3/h5-13H,1H2,2-4H3. The van der Waals surface area contributed by atoms with Crippen LogP contribution < -0.4 is 14.2 Å². The molecule has 0 saturated carbocycles. The van der Waals surface area contributed by atoms with Crippen LogP contribution in [0.15, 0.2) is 43.0 Å². The van der Waals surface area contributed by atoms with Gasteiger partial charge in [0.25, 0.3) is 0 Å². The Morgan fingerprint density at radius 3 is 1.68 bits per heavy atom. The second kappa shape index (κ2) is 7.36. The first-order chi connectivity index (χ1) is 10.7. The Labute approximate surface area is 131 Å². The van der Waals surface area contributed by atoms with Gasteiger partial charge in [0.05, 0.1) is 21.3 Å². The van der Waals surface area contributed by atoms with Gasteiger partial charge >= 0.3 is 0 Å². The zero-order chi connectivity index (χ0) is 15.9. The zero-order valence-corrected chi connectivity index (χ0v) is 13.1. The molecule has 2 aromatic rings. The van der Waals surface area contributed by atoms with E-state index in [0.717, 1.165) is 16.7 Å². The molecule has 0 heterocycles. The zero-order valence-electron chi connectivity index (χ0n) is 13.1. The van der Waals surface area contributed by atoms with Crippen LogP contribution in [0.4, 0.5) is 0 Å². The highest BCUT2D eigenvalue weighted by atomic mass is 16.5. The molecule has 22 heavy (non-hydrogen) atoms. The van der Waals surface area contributed by atoms with Gasteiger partial charge < -0.3 is 14.2 Å². The minimum absolute atomic E-state index is 0.595. The normalized spacial score (nSPS) is 10.5. The van der Waals surface area contributed by atoms with Crippen molar-refractivity contribution >= 4 is 18.2 Å². The summed E-state index contributed by atoms with van der Waals surface area (Å²) in [4.78, 5) is 0. The second-order valence-electron chi connectivity index (χ2n) is 4.66. The third-order valence-corrected chi connectivity index (χ3v) is 3.33. The Bertz CT molecular complexity index is 645. The molecular formula is C19H20O3. The van der Waals surface area contributed by atoms with E-state index in [9.17, 15) is 0 Å². The lowest BCUT2D eigenvalue weighted by Gasteiger charge is -2.12. The van der Waals surface area contributed by atoms with E-state index in [0.29, 0.717) is 17.2 Å². The topological polar surface area (TPSA) is 27.7 Å². The smallest absolute Gasteiger partial charge is 0.203 e. The highest BCUT2D eigenvalue weighted by Gasteiger charge is 2.11. The van der Waals surface area contributed by atoms with Gasteiger partial charge in [0, 0.05) is 0 Å². The van der Waals surface area contributed by atoms with Crippen molar-refractivity contribution in [3.63, 3.8) is 0 Å². The van der Waals surface area contributed by atoms with Crippen molar-refractivity contribution in [1.29, 1.82) is 0 Å². The van der Waals surface area contributed by atoms with Gasteiger partial charge in [-0.25, -0.2) is 0 Å². The van der Waals surface area contributed by atoms with Crippen molar-refractivity contribution in [3.05, 3.63) is 59.7 Å². The first-order valence-electron chi connectivity index (χ1n) is 6.92. The van der Waals surface area contributed by atoms with Crippen LogP contribution in [-0.4, -0.2) is 21.3 Å². The van der Waals surface area contributed by atoms with E-state index in [1.807, 2.05) is 54.6 Å². The summed E-state index contributed by atoms with van der Waals surface area (Å²) in [5.74, 6) is 1.88. The van der Waals surface area contributed by atoms with E-state index in [1.54, 1.807) is 21.3 Å². The number of hydrogen-bond donors (Lipinski definition) is 0. The lowest BCUT2D eigenvalue weighted by atomic mass is 10.1. The van der Waals surface area contributed by atoms with Gasteiger partial charge in [-0.3, -0.25) is 0 Å². The van der Waals surface area contributed by atoms with Crippen LogP contribution in [0.25, 0.3) is 18.2 Å². The molecule has 0 fully saturated rings. The molecule has 0 amide bonds. The molecule has 0 atom stereocenters. The molecule has 2 rings (SSSR count). The first kappa shape index (κ1) is 15.7. The fraction of sp³-hybridized carbons (Fsp3) is 0.158. The third kappa shape index (κ3) is 3.50. The summed E-state index contributed by atoms with van der Waals surface area (Å²) in [5.41, 5.74) is 3.19. The summed E-state index contributed by atoms with van der Waals surface area (Å²) in [6.07, 6.45) is 5.87. The largest absolute Gasteiger partial charge is 0.493 e. The molecule has 0 aliphatic heterocycles. The molecule has 0 bridgehead atoms. The van der Waals surface area contributed by atoms with Gasteiger partial charge in [-0.2, -0.15) is 0 Å². The number of benzene rings is 2. The van der Waals surface area contributed by atoms with Crippen LogP contribution in [0.1, 0.15) is 16.7 Å². The molecule has 0 saturated heterocycles. The molecule has 0 aromatic heterocycles. The van der Waals surface area contributed by atoms with Crippen LogP contribution in [0.3, 0.4) is 0 Å². The number of methoxy groups -OCH3 is 3. The lowest BCUT2D eigenvalue weighted by molar-refractivity contribution is 0.324. The quantitative estimate of drug-likeness (QED) is 0.733. The maximum absolute atomic E-state index is 5.35. The van der Waals surface area contributed by atoms with E-state index < -0.39 is 0 Å². The first-order valence-corrected chi connectivity index (χ1v) is 6.92. The van der Waals surface area contributed by atoms with Gasteiger partial charge in [0.2, 0.25) is 5.75 Å². The van der Waals surface area contributed by atoms with Crippen LogP contribution >= 0.6 is 0 Å². The van der Waals surface area contributed by atoms with E-state index in [2.05, 4.69) is 6.58 Å². The number of ether oxygens (including phenoxy) is 3. The average molecular weight is 296 g/mol. The summed E-state index contributed by atoms with van der Waals surface area (Å²) in [5, 5.41) is 0. The Hall–Kier alpha value is -2.68. The molecule has 114 valence electrons. The summed E-state index contributed by atoms with van der Waals surface area (Å²) >= 11 is 0. The molecule has 3 heteroatoms. The lowest BCUT2D eigenvalue weighted by Crippen LogP contribution is -1.95. The highest BCUT2D eigenvalue weighted by Crippen LogP contribution is 2.38. The Morgan fingerprint density at radius 1 is 0.727 bits per heavy atom. The summed E-state index contributed by atoms with van der Waals surface area (Å²) in [6, 6.07) is 12.0. The second-order valence-corrected chi connectivity index (χ2v) is 4.66. The van der Waals surface area contributed by atoms with Gasteiger partial charge in [-0.05, 0) is 28.8 Å². The Kier molecular flexibility index (Phi) is 5.26. The van der Waals surface area contributed by atoms with Crippen molar-refractivity contribution in [2.75, 3.05) is 21.3 Å². The number of rotatable bonds is 6. The molecule has 2 aromatic carbocycles. The molecule has 3 nitrogen and oxygen atoms in total. The van der Waals surface area contributed by atoms with Crippen LogP contribution in [0.2, 0.25) is 0 Å². The number of hydrogen-bond acceptors (Lipinski definition) is 3. The fourth-order valence-electron chi connectivity index (χ4n) is 2.13. The van der Waals surface area contributed by atoms with Crippen molar-refractivity contribution < 1.29 is 14.2 Å². The van der Waals surface area contributed by atoms with Crippen molar-refractivity contribution in [3.8, 4) is 17.2 Å². The van der Waals surface area contributed by atoms with Gasteiger partial charge in [0.1, 0.15) is 0 Å². The predicted octanol–water partition coefficient (Wildman–Crippen LogP) is 4.53. The fourth-order valence-corrected chi connectivity index (χ4v) is 2.13. The summed E-state index contributed by atoms with van der Waals surface area (Å²) < 4.78 is 16.0. The van der Waals surface area contributed by atoms with E-state index in [4.69, 9.17) is 14.2 Å². The highest BCUT2D eigenvalue weighted by molar-refractivity contribution is 5.73. The van der Waals surface area contributed by atoms with Gasteiger partial charge in [-0.1, -0.05) is 49.1 Å². The maximum Gasteiger partial charge on any atom is 0.203 e. The Balaban J connectivity index is 2.31. The monoisotopic (exact) mass is 296 g/mol. The molecule has 0 spiro atoms. The molecule has 0 aliphatic carbocycles. The van der Waals surface area contributed by atoms with Gasteiger partial charge in [-0.15, -0.1) is 0 Å². The van der Waals surface area contributed by atoms with E-state index in [1.165, 1.54) is 0 Å². The SMILES string of the molecule is C=Cc1ccc(C=Cc2cc(OC)c(OC)c(OC)c2)cc1. The molecule has 0 N–H and O–H groups in total. The maximum atomic E-state index is 5.35. The van der Waals surface area contributed by atoms with Crippen molar-refractivity contribution in [2.45, 2.75) is 0 Å². The third-order valence-electron chi connectivity index (χ3n) is 3.33. The summed E-state index contributed by atoms with van der Waals surface area (Å²) in [7, 11) is 4.81. The molecule has 0 aliphatic rings. The van der Waals surface area contributed by atoms with Crippen LogP contribution in [-0.2, 0) is 0 Å². The summed E-state index contributed by atoms with van der Waals surface area (Å²) in [6.45, 7) is 3.75. The molecular weight excluding hydrogens is 276 g/mol. The van der Waals surface area contributed by atoms with E-state index >= 15 is 0 Å². The predicted molar refractivity (Wildman–Crippen MR) is 91.6 cm³/mol. The van der Waals surface area contributed by atoms with E-state index in [-0.39, 0.29) is 0 Å². The van der Waals surface area contributed by atoms with Crippen molar-refractivity contribution in [1.82, 2.24) is 0 Å².